The van der Waals surface area contributed by atoms with Crippen LogP contribution in [0, 0.1) is 5.41 Å². The van der Waals surface area contributed by atoms with E-state index in [4.69, 9.17) is 9.47 Å². The van der Waals surface area contributed by atoms with E-state index in [2.05, 4.69) is 17.1 Å². The highest BCUT2D eigenvalue weighted by molar-refractivity contribution is 5.97. The molecule has 4 heterocycles. The largest absolute Gasteiger partial charge is 0.488 e. The van der Waals surface area contributed by atoms with E-state index < -0.39 is 0 Å². The van der Waals surface area contributed by atoms with Gasteiger partial charge in [0, 0.05) is 50.7 Å². The van der Waals surface area contributed by atoms with Gasteiger partial charge in [-0.2, -0.15) is 0 Å². The zero-order chi connectivity index (χ0) is 23.3. The van der Waals surface area contributed by atoms with Crippen LogP contribution in [0.3, 0.4) is 0 Å². The van der Waals surface area contributed by atoms with Gasteiger partial charge >= 0.3 is 0 Å². The van der Waals surface area contributed by atoms with Gasteiger partial charge in [-0.25, -0.2) is 4.98 Å². The van der Waals surface area contributed by atoms with Crippen molar-refractivity contribution < 1.29 is 14.3 Å². The van der Waals surface area contributed by atoms with Crippen LogP contribution in [0.4, 0.5) is 0 Å². The SMILES string of the molecule is CCn1cc(C(=O)N2CCC3(CCOC3)C2)c(=O)c2cc(OC3Cc4ccccc4C3)cnc21. The van der Waals surface area contributed by atoms with Gasteiger partial charge in [0.2, 0.25) is 5.43 Å². The summed E-state index contributed by atoms with van der Waals surface area (Å²) < 4.78 is 13.7. The molecule has 176 valence electrons. The molecular formula is C27H29N3O4. The Morgan fingerprint density at radius 1 is 1.24 bits per heavy atom. The molecule has 1 atom stereocenters. The Kier molecular flexibility index (Phi) is 5.17. The van der Waals surface area contributed by atoms with E-state index in [-0.39, 0.29) is 28.4 Å². The number of nitrogens with zero attached hydrogens (tertiary/aromatic N) is 3. The Hall–Kier alpha value is -3.19. The Morgan fingerprint density at radius 2 is 2.03 bits per heavy atom. The van der Waals surface area contributed by atoms with Crippen molar-refractivity contribution in [3.63, 3.8) is 0 Å². The van der Waals surface area contributed by atoms with Gasteiger partial charge in [-0.3, -0.25) is 9.59 Å². The van der Waals surface area contributed by atoms with E-state index in [0.29, 0.717) is 43.0 Å². The lowest BCUT2D eigenvalue weighted by molar-refractivity contribution is 0.0764. The molecule has 0 radical (unpaired) electrons. The summed E-state index contributed by atoms with van der Waals surface area (Å²) in [4.78, 5) is 33.3. The first-order valence-corrected chi connectivity index (χ1v) is 12.2. The predicted molar refractivity (Wildman–Crippen MR) is 128 cm³/mol. The number of carbonyl (C=O) groups is 1. The van der Waals surface area contributed by atoms with Crippen LogP contribution < -0.4 is 10.2 Å². The number of hydrogen-bond acceptors (Lipinski definition) is 5. The highest BCUT2D eigenvalue weighted by Gasteiger charge is 2.43. The second-order valence-electron chi connectivity index (χ2n) is 9.90. The third-order valence-corrected chi connectivity index (χ3v) is 7.69. The number of hydrogen-bond donors (Lipinski definition) is 0. The Bertz CT molecular complexity index is 1300. The quantitative estimate of drug-likeness (QED) is 0.599. The Labute approximate surface area is 198 Å². The van der Waals surface area contributed by atoms with Crippen LogP contribution in [-0.2, 0) is 24.1 Å². The third kappa shape index (κ3) is 3.59. The van der Waals surface area contributed by atoms with Crippen molar-refractivity contribution in [2.24, 2.45) is 5.41 Å². The predicted octanol–water partition coefficient (Wildman–Crippen LogP) is 3.22. The van der Waals surface area contributed by atoms with Gasteiger partial charge in [0.15, 0.2) is 0 Å². The first-order chi connectivity index (χ1) is 16.5. The highest BCUT2D eigenvalue weighted by atomic mass is 16.5. The molecule has 1 aromatic carbocycles. The van der Waals surface area contributed by atoms with Crippen molar-refractivity contribution in [3.05, 3.63) is 69.6 Å². The van der Waals surface area contributed by atoms with E-state index in [1.54, 1.807) is 18.5 Å². The van der Waals surface area contributed by atoms with Gasteiger partial charge in [0.1, 0.15) is 23.1 Å². The summed E-state index contributed by atoms with van der Waals surface area (Å²) in [6.45, 7) is 5.36. The smallest absolute Gasteiger partial charge is 0.259 e. The number of rotatable bonds is 4. The molecule has 7 nitrogen and oxygen atoms in total. The number of aromatic nitrogens is 2. The standard InChI is InChI=1S/C27H29N3O4/c1-2-29-15-23(26(32)30-9-7-27(16-30)8-10-33-17-27)24(31)22-13-21(14-28-25(22)29)34-20-11-18-5-3-4-6-19(18)12-20/h3-6,13-15,20H,2,7-12,16-17H2,1H3. The lowest BCUT2D eigenvalue weighted by Crippen LogP contribution is -2.35. The molecule has 2 fully saturated rings. The molecule has 2 aliphatic heterocycles. The molecule has 7 heteroatoms. The number of carbonyl (C=O) groups excluding carboxylic acids is 1. The number of benzene rings is 1. The lowest BCUT2D eigenvalue weighted by atomic mass is 9.87. The molecule has 1 spiro atoms. The number of fused-ring (bicyclic) bond motifs is 2. The monoisotopic (exact) mass is 459 g/mol. The molecule has 3 aromatic rings. The minimum Gasteiger partial charge on any atom is -0.488 e. The average Bonchev–Trinajstić information content (AvgIpc) is 3.59. The molecule has 0 N–H and O–H groups in total. The summed E-state index contributed by atoms with van der Waals surface area (Å²) in [7, 11) is 0. The van der Waals surface area contributed by atoms with Crippen molar-refractivity contribution in [1.82, 2.24) is 14.5 Å². The summed E-state index contributed by atoms with van der Waals surface area (Å²) in [6, 6.07) is 10.1. The maximum absolute atomic E-state index is 13.5. The molecule has 6 rings (SSSR count). The van der Waals surface area contributed by atoms with Crippen LogP contribution in [0.25, 0.3) is 11.0 Å². The fourth-order valence-electron chi connectivity index (χ4n) is 5.76. The van der Waals surface area contributed by atoms with E-state index in [1.807, 2.05) is 28.5 Å². The maximum Gasteiger partial charge on any atom is 0.259 e. The van der Waals surface area contributed by atoms with Crippen LogP contribution >= 0.6 is 0 Å². The minimum atomic E-state index is -0.277. The van der Waals surface area contributed by atoms with Crippen molar-refractivity contribution in [2.45, 2.75) is 45.3 Å². The van der Waals surface area contributed by atoms with Crippen LogP contribution in [0.1, 0.15) is 41.3 Å². The molecule has 0 bridgehead atoms. The summed E-state index contributed by atoms with van der Waals surface area (Å²) >= 11 is 0. The van der Waals surface area contributed by atoms with Crippen molar-refractivity contribution >= 4 is 16.9 Å². The van der Waals surface area contributed by atoms with Gasteiger partial charge in [-0.1, -0.05) is 24.3 Å². The molecule has 3 aliphatic rings. The topological polar surface area (TPSA) is 73.7 Å². The highest BCUT2D eigenvalue weighted by Crippen LogP contribution is 2.38. The van der Waals surface area contributed by atoms with E-state index in [1.165, 1.54) is 11.1 Å². The van der Waals surface area contributed by atoms with Crippen LogP contribution in [0.5, 0.6) is 5.75 Å². The van der Waals surface area contributed by atoms with Gasteiger partial charge in [-0.05, 0) is 37.0 Å². The molecular weight excluding hydrogens is 430 g/mol. The average molecular weight is 460 g/mol. The molecule has 0 saturated carbocycles. The number of aryl methyl sites for hydroxylation is 1. The normalized spacial score (nSPS) is 22.1. The number of amides is 1. The van der Waals surface area contributed by atoms with Gasteiger partial charge in [0.25, 0.3) is 5.91 Å². The molecule has 34 heavy (non-hydrogen) atoms. The summed E-state index contributed by atoms with van der Waals surface area (Å²) in [6.07, 6.45) is 6.96. The third-order valence-electron chi connectivity index (χ3n) is 7.69. The van der Waals surface area contributed by atoms with Crippen molar-refractivity contribution in [3.8, 4) is 5.75 Å². The van der Waals surface area contributed by atoms with Crippen LogP contribution in [0.2, 0.25) is 0 Å². The fraction of sp³-hybridized carbons (Fsp3) is 0.444. The van der Waals surface area contributed by atoms with Crippen LogP contribution in [0.15, 0.2) is 47.5 Å². The maximum atomic E-state index is 13.5. The number of ether oxygens (including phenoxy) is 2. The lowest BCUT2D eigenvalue weighted by Gasteiger charge is -2.22. The summed E-state index contributed by atoms with van der Waals surface area (Å²) in [5.41, 5.74) is 3.17. The minimum absolute atomic E-state index is 0.0179. The van der Waals surface area contributed by atoms with Gasteiger partial charge in [0.05, 0.1) is 18.2 Å². The first-order valence-electron chi connectivity index (χ1n) is 12.2. The molecule has 2 saturated heterocycles. The van der Waals surface area contributed by atoms with Crippen molar-refractivity contribution in [2.75, 3.05) is 26.3 Å². The van der Waals surface area contributed by atoms with Crippen LogP contribution in [-0.4, -0.2) is 52.8 Å². The molecule has 1 amide bonds. The summed E-state index contributed by atoms with van der Waals surface area (Å²) in [5, 5.41) is 0.429. The van der Waals surface area contributed by atoms with E-state index >= 15 is 0 Å². The second kappa shape index (κ2) is 8.24. The summed E-state index contributed by atoms with van der Waals surface area (Å²) in [5.74, 6) is 0.369. The zero-order valence-electron chi connectivity index (χ0n) is 19.5. The molecule has 1 unspecified atom stereocenters. The van der Waals surface area contributed by atoms with Gasteiger partial charge < -0.3 is 18.9 Å². The molecule has 1 aliphatic carbocycles. The number of likely N-dealkylation sites (tertiary alicyclic amines) is 1. The van der Waals surface area contributed by atoms with E-state index in [9.17, 15) is 9.59 Å². The van der Waals surface area contributed by atoms with Crippen molar-refractivity contribution in [1.29, 1.82) is 0 Å². The Morgan fingerprint density at radius 3 is 2.74 bits per heavy atom. The number of pyridine rings is 2. The fourth-order valence-corrected chi connectivity index (χ4v) is 5.76. The van der Waals surface area contributed by atoms with Gasteiger partial charge in [-0.15, -0.1) is 0 Å². The first kappa shape index (κ1) is 21.4. The zero-order valence-corrected chi connectivity index (χ0v) is 19.5. The molecule has 2 aromatic heterocycles. The Balaban J connectivity index is 1.30. The second-order valence-corrected chi connectivity index (χ2v) is 9.90. The van der Waals surface area contributed by atoms with E-state index in [0.717, 1.165) is 32.3 Å².